The fourth-order valence-electron chi connectivity index (χ4n) is 1.42. The van der Waals surface area contributed by atoms with Crippen molar-refractivity contribution in [3.05, 3.63) is 0 Å². The van der Waals surface area contributed by atoms with Gasteiger partial charge in [0, 0.05) is 0 Å². The Morgan fingerprint density at radius 3 is 0.648 bits per heavy atom. The number of hydrogen-bond donors (Lipinski definition) is 3. The van der Waals surface area contributed by atoms with E-state index in [0.717, 1.165) is 0 Å². The average Bonchev–Trinajstić information content (AvgIpc) is 2.66. The van der Waals surface area contributed by atoms with E-state index in [0.29, 0.717) is 0 Å². The molecule has 0 bridgehead atoms. The SMILES string of the molecule is N[O][Mo](=[O])(=[O])[O][Mo](=[O])(=[O])[O][Mo](=[O])(=[O])[O][Mo](=[O])(=[O])[O]P(=O)([O][Mo](=[O])(=[O])[O][Mo](=[O])(=[O])[O][Mo](=[O])(=[O])[O][Mo](=[O])(=[O])[OH])[O][Mo](=[O])(=[O])[O][Mo](=[O])(=[O])[O][Mo](=[O])(=[O])[O][Mo](=[O])(=[O])[OH]. The number of rotatable bonds is 25. The van der Waals surface area contributed by atoms with Crippen LogP contribution in [0.25, 0.3) is 0 Å². The van der Waals surface area contributed by atoms with E-state index < -0.39 is 209 Å². The monoisotopic (exact) mass is 1860 g/mol. The molecule has 0 spiro atoms. The van der Waals surface area contributed by atoms with Crippen LogP contribution in [-0.4, -0.2) is 7.52 Å². The predicted molar refractivity (Wildman–Crippen MR) is 46.8 cm³/mol. The summed E-state index contributed by atoms with van der Waals surface area (Å²) in [5.74, 6) is 4.09. The van der Waals surface area contributed by atoms with Gasteiger partial charge in [-0.25, -0.2) is 0 Å². The summed E-state index contributed by atoms with van der Waals surface area (Å²) in [6.45, 7) is 0. The predicted octanol–water partition coefficient (Wildman–Crippen LogP) is -4.73. The second kappa shape index (κ2) is 19.2. The van der Waals surface area contributed by atoms with Gasteiger partial charge in [0.15, 0.2) is 0 Å². The third kappa shape index (κ3) is 26.4. The summed E-state index contributed by atoms with van der Waals surface area (Å²) in [5, 5.41) is 0. The van der Waals surface area contributed by atoms with E-state index in [4.69, 9.17) is 7.52 Å². The van der Waals surface area contributed by atoms with Crippen molar-refractivity contribution in [3.8, 4) is 0 Å². The number of phosphoric acid groups is 1. The topological polar surface area (TPSA) is 613 Å². The molecule has 4 N–H and O–H groups in total. The van der Waals surface area contributed by atoms with Crippen LogP contribution in [0.4, 0.5) is 0 Å². The summed E-state index contributed by atoms with van der Waals surface area (Å²) < 4.78 is 344. The molecule has 54 heteroatoms. The van der Waals surface area contributed by atoms with Gasteiger partial charge in [0.2, 0.25) is 0 Å². The first-order valence-corrected chi connectivity index (χ1v) is 49.9. The Bertz CT molecular complexity index is 2710. The van der Waals surface area contributed by atoms with Gasteiger partial charge in [-0.2, -0.15) is 0 Å². The van der Waals surface area contributed by atoms with Crippen molar-refractivity contribution in [3.63, 3.8) is 0 Å². The van der Waals surface area contributed by atoms with Crippen molar-refractivity contribution in [2.24, 2.45) is 5.90 Å². The van der Waals surface area contributed by atoms with Crippen molar-refractivity contribution in [2.75, 3.05) is 0 Å². The van der Waals surface area contributed by atoms with Crippen LogP contribution >= 0.6 is 7.82 Å². The molecular weight excluding hydrogens is 1840 g/mol. The quantitative estimate of drug-likeness (QED) is 0.0439. The molecule has 0 aliphatic carbocycles. The molecule has 0 aromatic heterocycles. The summed E-state index contributed by atoms with van der Waals surface area (Å²) in [6, 6.07) is 0. The van der Waals surface area contributed by atoms with Gasteiger partial charge in [-0.05, 0) is 0 Å². The molecule has 0 radical (unpaired) electrons. The second-order valence-electron chi connectivity index (χ2n) is 6.32. The third-order valence-electron chi connectivity index (χ3n) is 2.17. The van der Waals surface area contributed by atoms with Crippen LogP contribution in [0, 0.1) is 0 Å². The minimum absolute atomic E-state index is 2.86. The van der Waals surface area contributed by atoms with Crippen LogP contribution in [0.2, 0.25) is 0 Å². The van der Waals surface area contributed by atoms with Crippen LogP contribution in [-0.2, 0) is 318 Å². The molecule has 0 aliphatic heterocycles. The van der Waals surface area contributed by atoms with Crippen LogP contribution in [0.1, 0.15) is 0 Å². The van der Waals surface area contributed by atoms with Crippen LogP contribution in [0.3, 0.4) is 0 Å². The first kappa shape index (κ1) is 57.0. The van der Waals surface area contributed by atoms with Gasteiger partial charge in [0.05, 0.1) is 0 Å². The van der Waals surface area contributed by atoms with Gasteiger partial charge in [0.25, 0.3) is 0 Å². The Labute approximate surface area is 333 Å². The molecule has 0 saturated carbocycles. The zero-order valence-electron chi connectivity index (χ0n) is 22.3. The van der Waals surface area contributed by atoms with Crippen molar-refractivity contribution in [1.82, 2.24) is 0 Å². The number of hydrogen-bond acceptors (Lipinski definition) is 39. The second-order valence-corrected chi connectivity index (χ2v) is 56.5. The summed E-state index contributed by atoms with van der Waals surface area (Å²) in [5.41, 5.74) is 0. The molecule has 0 amide bonds. The fraction of sp³-hybridized carbons (Fsp3) is 0. The van der Waals surface area contributed by atoms with Crippen molar-refractivity contribution in [2.45, 2.75) is 0 Å². The molecule has 0 unspecified atom stereocenters. The van der Waals surface area contributed by atoms with Crippen molar-refractivity contribution < 1.29 is 326 Å². The molecule has 0 heterocycles. The maximum atomic E-state index is 12.8. The van der Waals surface area contributed by atoms with E-state index in [2.05, 4.69) is 37.3 Å². The molecule has 41 nitrogen and oxygen atoms in total. The molecular formula is H4Mo12NO40P. The van der Waals surface area contributed by atoms with Crippen molar-refractivity contribution in [1.29, 1.82) is 0 Å². The van der Waals surface area contributed by atoms with E-state index in [1.165, 1.54) is 0 Å². The van der Waals surface area contributed by atoms with Crippen LogP contribution in [0.5, 0.6) is 0 Å². The fourth-order valence-corrected chi connectivity index (χ4v) is 60.8. The Hall–Kier alpha value is 3.05. The Balaban J connectivity index is 7.02. The van der Waals surface area contributed by atoms with Crippen LogP contribution < -0.4 is 5.90 Å². The van der Waals surface area contributed by atoms with Gasteiger partial charge in [-0.3, -0.25) is 0 Å². The molecule has 0 atom stereocenters. The normalized spacial score (nSPS) is 15.5. The summed E-state index contributed by atoms with van der Waals surface area (Å²) >= 11 is -97.1. The Morgan fingerprint density at radius 2 is 0.463 bits per heavy atom. The van der Waals surface area contributed by atoms with Crippen molar-refractivity contribution >= 4 is 7.82 Å². The van der Waals surface area contributed by atoms with E-state index in [-0.39, 0.29) is 0 Å². The number of nitrogens with two attached hydrogens (primary N) is 1. The van der Waals surface area contributed by atoms with Crippen LogP contribution in [0.15, 0.2) is 0 Å². The Kier molecular flexibility index (Phi) is 20.3. The van der Waals surface area contributed by atoms with Gasteiger partial charge >= 0.3 is 340 Å². The zero-order valence-corrected chi connectivity index (χ0v) is 47.3. The van der Waals surface area contributed by atoms with Gasteiger partial charge in [0.1, 0.15) is 0 Å². The van der Waals surface area contributed by atoms with E-state index in [1.54, 1.807) is 0 Å². The molecule has 0 fully saturated rings. The first-order chi connectivity index (χ1) is 23.0. The summed E-state index contributed by atoms with van der Waals surface area (Å²) in [7, 11) is -7.91. The average molecular weight is 1840 g/mol. The molecule has 326 valence electrons. The van der Waals surface area contributed by atoms with Gasteiger partial charge in [-0.15, -0.1) is 0 Å². The molecule has 54 heavy (non-hydrogen) atoms. The minimum atomic E-state index is -8.80. The zero-order chi connectivity index (χ0) is 43.7. The molecule has 0 aliphatic rings. The third-order valence-corrected chi connectivity index (χ3v) is 63.1. The Morgan fingerprint density at radius 1 is 0.296 bits per heavy atom. The van der Waals surface area contributed by atoms with E-state index in [9.17, 15) is 86.1 Å². The summed E-state index contributed by atoms with van der Waals surface area (Å²) in [4.78, 5) is 0. The van der Waals surface area contributed by atoms with E-state index >= 15 is 0 Å². The molecule has 0 rings (SSSR count). The molecule has 0 saturated heterocycles. The first-order valence-electron chi connectivity index (χ1n) is 9.00. The summed E-state index contributed by atoms with van der Waals surface area (Å²) in [6.07, 6.45) is 0. The molecule has 0 aromatic carbocycles. The van der Waals surface area contributed by atoms with Gasteiger partial charge < -0.3 is 0 Å². The standard InChI is InChI=1S/12Mo.H2NO.H3O4P.2H2O.33O/c;;;;;;;;;;;;1-2;1-5(2,3)4;;;;;;;;;;;;;;;;;;;;;;;;;;;;;;;;;;;/h;;;;;;;;;;;;1H2;(H3,1,2,3,4);2*1H2;;;;;;;;;;;;;;;;;;;;;;;;;;;;;;;;;/q;;;;;;6*+1;-1;;;;;;;;;;;;;;;;;;;;;;;;;;;;;;;;;;;;/p-5. The molecule has 0 aromatic rings. The van der Waals surface area contributed by atoms with Gasteiger partial charge in [-0.1, -0.05) is 0 Å². The maximum absolute atomic E-state index is 12.8. The van der Waals surface area contributed by atoms with E-state index in [1.807, 2.05) is 0 Å².